The van der Waals surface area contributed by atoms with Crippen LogP contribution in [0.4, 0.5) is 0 Å². The first-order chi connectivity index (χ1) is 20.5. The fraction of sp³-hybridized carbons (Fsp3) is 0.229. The van der Waals surface area contributed by atoms with Gasteiger partial charge in [0.1, 0.15) is 23.0 Å². The van der Waals surface area contributed by atoms with Gasteiger partial charge in [-0.05, 0) is 67.8 Å². The molecule has 3 rings (SSSR count). The third-order valence-corrected chi connectivity index (χ3v) is 6.10. The van der Waals surface area contributed by atoms with Crippen LogP contribution in [0, 0.1) is 0 Å². The van der Waals surface area contributed by atoms with E-state index >= 15 is 0 Å². The van der Waals surface area contributed by atoms with Crippen molar-refractivity contribution in [3.05, 3.63) is 97.1 Å². The van der Waals surface area contributed by atoms with E-state index in [-0.39, 0.29) is 29.1 Å². The number of esters is 3. The SMILES string of the molecule is C=C(C)C(=O)Oc1ccc(-c2cc(OC(=O)C(=C)COC)c(-c3ccc(OC(=O)C(=C)C)cc3)cc2OCCCC)cc1. The van der Waals surface area contributed by atoms with Gasteiger partial charge in [-0.25, -0.2) is 14.4 Å². The normalized spacial score (nSPS) is 10.4. The van der Waals surface area contributed by atoms with Gasteiger partial charge in [-0.3, -0.25) is 0 Å². The molecule has 0 bridgehead atoms. The Morgan fingerprint density at radius 2 is 1.14 bits per heavy atom. The molecule has 3 aromatic carbocycles. The zero-order chi connectivity index (χ0) is 31.5. The molecule has 0 unspecified atom stereocenters. The molecule has 8 heteroatoms. The van der Waals surface area contributed by atoms with E-state index in [2.05, 4.69) is 26.7 Å². The van der Waals surface area contributed by atoms with Gasteiger partial charge in [0.2, 0.25) is 0 Å². The number of hydrogen-bond acceptors (Lipinski definition) is 8. The molecular formula is C35H36O8. The van der Waals surface area contributed by atoms with Gasteiger partial charge in [0, 0.05) is 29.4 Å². The Balaban J connectivity index is 2.11. The summed E-state index contributed by atoms with van der Waals surface area (Å²) in [5.74, 6) is -0.193. The zero-order valence-corrected chi connectivity index (χ0v) is 25.0. The van der Waals surface area contributed by atoms with E-state index in [9.17, 15) is 14.4 Å². The van der Waals surface area contributed by atoms with E-state index in [1.807, 2.05) is 0 Å². The lowest BCUT2D eigenvalue weighted by molar-refractivity contribution is -0.131. The maximum atomic E-state index is 12.9. The number of carbonyl (C=O) groups is 3. The Morgan fingerprint density at radius 3 is 1.58 bits per heavy atom. The first-order valence-electron chi connectivity index (χ1n) is 13.7. The molecule has 0 heterocycles. The van der Waals surface area contributed by atoms with Crippen LogP contribution < -0.4 is 18.9 Å². The van der Waals surface area contributed by atoms with Gasteiger partial charge in [-0.15, -0.1) is 0 Å². The van der Waals surface area contributed by atoms with Crippen molar-refractivity contribution in [2.75, 3.05) is 20.3 Å². The summed E-state index contributed by atoms with van der Waals surface area (Å²) in [6, 6.07) is 17.2. The van der Waals surface area contributed by atoms with E-state index in [0.717, 1.165) is 18.4 Å². The molecule has 0 saturated heterocycles. The van der Waals surface area contributed by atoms with Crippen LogP contribution in [-0.4, -0.2) is 38.2 Å². The Hall–Kier alpha value is -4.95. The summed E-state index contributed by atoms with van der Waals surface area (Å²) in [6.07, 6.45) is 1.77. The number of benzene rings is 3. The number of unbranched alkanes of at least 4 members (excludes halogenated alkanes) is 1. The van der Waals surface area contributed by atoms with Crippen molar-refractivity contribution in [3.63, 3.8) is 0 Å². The highest BCUT2D eigenvalue weighted by Crippen LogP contribution is 2.42. The minimum atomic E-state index is -0.650. The monoisotopic (exact) mass is 584 g/mol. The Labute approximate surface area is 252 Å². The predicted molar refractivity (Wildman–Crippen MR) is 165 cm³/mol. The molecule has 0 aliphatic heterocycles. The lowest BCUT2D eigenvalue weighted by Crippen LogP contribution is -2.14. The molecule has 0 radical (unpaired) electrons. The summed E-state index contributed by atoms with van der Waals surface area (Å²) >= 11 is 0. The van der Waals surface area contributed by atoms with Gasteiger partial charge in [0.05, 0.1) is 18.8 Å². The summed E-state index contributed by atoms with van der Waals surface area (Å²) in [5.41, 5.74) is 3.36. The van der Waals surface area contributed by atoms with Crippen molar-refractivity contribution in [2.45, 2.75) is 33.6 Å². The first-order valence-corrected chi connectivity index (χ1v) is 13.7. The number of hydrogen-bond donors (Lipinski definition) is 0. The fourth-order valence-electron chi connectivity index (χ4n) is 3.74. The molecule has 3 aromatic rings. The lowest BCUT2D eigenvalue weighted by Gasteiger charge is -2.18. The molecular weight excluding hydrogens is 548 g/mol. The number of rotatable bonds is 14. The molecule has 0 amide bonds. The fourth-order valence-corrected chi connectivity index (χ4v) is 3.74. The quantitative estimate of drug-likeness (QED) is 0.0845. The summed E-state index contributed by atoms with van der Waals surface area (Å²) in [5, 5.41) is 0. The molecule has 0 atom stereocenters. The summed E-state index contributed by atoms with van der Waals surface area (Å²) in [4.78, 5) is 36.8. The van der Waals surface area contributed by atoms with Crippen LogP contribution in [0.2, 0.25) is 0 Å². The molecule has 0 aliphatic rings. The van der Waals surface area contributed by atoms with E-state index in [0.29, 0.717) is 40.5 Å². The molecule has 0 N–H and O–H groups in total. The molecule has 0 aliphatic carbocycles. The Morgan fingerprint density at radius 1 is 0.674 bits per heavy atom. The van der Waals surface area contributed by atoms with E-state index in [1.165, 1.54) is 7.11 Å². The second-order valence-electron chi connectivity index (χ2n) is 9.86. The Kier molecular flexibility index (Phi) is 11.6. The predicted octanol–water partition coefficient (Wildman–Crippen LogP) is 7.27. The van der Waals surface area contributed by atoms with Crippen molar-refractivity contribution >= 4 is 17.9 Å². The minimum absolute atomic E-state index is 0.00634. The van der Waals surface area contributed by atoms with E-state index in [4.69, 9.17) is 23.7 Å². The average molecular weight is 585 g/mol. The topological polar surface area (TPSA) is 97.4 Å². The van der Waals surface area contributed by atoms with Gasteiger partial charge >= 0.3 is 17.9 Å². The van der Waals surface area contributed by atoms with Crippen LogP contribution in [0.1, 0.15) is 33.6 Å². The van der Waals surface area contributed by atoms with Gasteiger partial charge in [-0.1, -0.05) is 57.3 Å². The van der Waals surface area contributed by atoms with Crippen LogP contribution in [0.15, 0.2) is 97.1 Å². The van der Waals surface area contributed by atoms with Crippen molar-refractivity contribution in [1.82, 2.24) is 0 Å². The molecule has 0 saturated carbocycles. The molecule has 0 aromatic heterocycles. The lowest BCUT2D eigenvalue weighted by atomic mass is 9.97. The van der Waals surface area contributed by atoms with Crippen LogP contribution in [0.5, 0.6) is 23.0 Å². The van der Waals surface area contributed by atoms with Crippen molar-refractivity contribution in [2.24, 2.45) is 0 Å². The third kappa shape index (κ3) is 9.02. The van der Waals surface area contributed by atoms with Gasteiger partial charge in [0.15, 0.2) is 0 Å². The second-order valence-corrected chi connectivity index (χ2v) is 9.86. The first kappa shape index (κ1) is 32.6. The number of carbonyl (C=O) groups excluding carboxylic acids is 3. The molecule has 0 fully saturated rings. The van der Waals surface area contributed by atoms with Crippen LogP contribution in [0.25, 0.3) is 22.3 Å². The highest BCUT2D eigenvalue weighted by Gasteiger charge is 2.20. The summed E-state index contributed by atoms with van der Waals surface area (Å²) in [6.45, 7) is 16.7. The molecule has 0 spiro atoms. The van der Waals surface area contributed by atoms with Crippen molar-refractivity contribution < 1.29 is 38.1 Å². The van der Waals surface area contributed by atoms with E-state index < -0.39 is 17.9 Å². The second kappa shape index (κ2) is 15.3. The standard InChI is InChI=1S/C35H36O8/c1-8-9-18-40-31-19-30(26-12-16-28(17-13-26)42-34(37)23(4)5)32(43-35(38)24(6)21-39-7)20-29(31)25-10-14-27(15-11-25)41-33(36)22(2)3/h10-17,19-20H,2,4,6,8-9,18,21H2,1,3,5,7H3. The minimum Gasteiger partial charge on any atom is -0.493 e. The largest absolute Gasteiger partial charge is 0.493 e. The maximum absolute atomic E-state index is 12.9. The summed E-state index contributed by atoms with van der Waals surface area (Å²) < 4.78 is 27.8. The number of ether oxygens (including phenoxy) is 5. The van der Waals surface area contributed by atoms with Crippen LogP contribution in [-0.2, 0) is 19.1 Å². The zero-order valence-electron chi connectivity index (χ0n) is 25.0. The van der Waals surface area contributed by atoms with Crippen molar-refractivity contribution in [1.29, 1.82) is 0 Å². The molecule has 43 heavy (non-hydrogen) atoms. The van der Waals surface area contributed by atoms with Gasteiger partial charge < -0.3 is 23.7 Å². The maximum Gasteiger partial charge on any atom is 0.341 e. The third-order valence-electron chi connectivity index (χ3n) is 6.10. The smallest absolute Gasteiger partial charge is 0.341 e. The highest BCUT2D eigenvalue weighted by atomic mass is 16.5. The molecule has 224 valence electrons. The van der Waals surface area contributed by atoms with Crippen LogP contribution in [0.3, 0.4) is 0 Å². The Bertz CT molecular complexity index is 1510. The highest BCUT2D eigenvalue weighted by molar-refractivity contribution is 5.93. The van der Waals surface area contributed by atoms with E-state index in [1.54, 1.807) is 74.5 Å². The number of methoxy groups -OCH3 is 1. The van der Waals surface area contributed by atoms with Crippen LogP contribution >= 0.6 is 0 Å². The van der Waals surface area contributed by atoms with Gasteiger partial charge in [-0.2, -0.15) is 0 Å². The van der Waals surface area contributed by atoms with Crippen molar-refractivity contribution in [3.8, 4) is 45.3 Å². The molecule has 8 nitrogen and oxygen atoms in total. The summed E-state index contributed by atoms with van der Waals surface area (Å²) in [7, 11) is 1.46. The van der Waals surface area contributed by atoms with Gasteiger partial charge in [0.25, 0.3) is 0 Å². The average Bonchev–Trinajstić information content (AvgIpc) is 2.98.